The van der Waals surface area contributed by atoms with Crippen molar-refractivity contribution in [2.75, 3.05) is 0 Å². The average molecular weight is 154 g/mol. The molecule has 2 fully saturated rings. The molecule has 1 heterocycles. The van der Waals surface area contributed by atoms with Gasteiger partial charge in [-0.25, -0.2) is 0 Å². The van der Waals surface area contributed by atoms with Crippen molar-refractivity contribution < 1.29 is 4.79 Å². The standard InChI is InChI=1S/C8H14N2O/c1-5-8(11)10(6(2)9-5)7-3-4-7/h5-7,9H,3-4H2,1-2H3. The zero-order chi connectivity index (χ0) is 8.01. The van der Waals surface area contributed by atoms with Gasteiger partial charge in [0.15, 0.2) is 0 Å². The van der Waals surface area contributed by atoms with E-state index in [-0.39, 0.29) is 18.1 Å². The second-order valence-electron chi connectivity index (χ2n) is 3.54. The maximum atomic E-state index is 11.5. The van der Waals surface area contributed by atoms with Crippen molar-refractivity contribution >= 4 is 5.91 Å². The summed E-state index contributed by atoms with van der Waals surface area (Å²) in [4.78, 5) is 13.5. The molecule has 2 aliphatic rings. The Bertz CT molecular complexity index is 189. The van der Waals surface area contributed by atoms with Gasteiger partial charge in [-0.1, -0.05) is 0 Å². The van der Waals surface area contributed by atoms with Gasteiger partial charge in [-0.15, -0.1) is 0 Å². The molecule has 1 saturated heterocycles. The quantitative estimate of drug-likeness (QED) is 0.589. The molecular weight excluding hydrogens is 140 g/mol. The lowest BCUT2D eigenvalue weighted by molar-refractivity contribution is -0.130. The molecule has 3 heteroatoms. The average Bonchev–Trinajstić information content (AvgIpc) is 2.68. The molecule has 0 radical (unpaired) electrons. The fourth-order valence-corrected chi connectivity index (χ4v) is 1.78. The van der Waals surface area contributed by atoms with Crippen LogP contribution in [0, 0.1) is 0 Å². The van der Waals surface area contributed by atoms with Crippen molar-refractivity contribution in [2.45, 2.75) is 44.9 Å². The lowest BCUT2D eigenvalue weighted by Gasteiger charge is -2.19. The van der Waals surface area contributed by atoms with Crippen molar-refractivity contribution in [2.24, 2.45) is 0 Å². The van der Waals surface area contributed by atoms with Crippen LogP contribution in [-0.2, 0) is 4.79 Å². The van der Waals surface area contributed by atoms with Crippen LogP contribution in [0.4, 0.5) is 0 Å². The molecule has 11 heavy (non-hydrogen) atoms. The monoisotopic (exact) mass is 154 g/mol. The summed E-state index contributed by atoms with van der Waals surface area (Å²) >= 11 is 0. The van der Waals surface area contributed by atoms with Crippen molar-refractivity contribution in [3.05, 3.63) is 0 Å². The Morgan fingerprint density at radius 3 is 2.45 bits per heavy atom. The summed E-state index contributed by atoms with van der Waals surface area (Å²) in [5.74, 6) is 0.278. The molecule has 0 bridgehead atoms. The predicted octanol–water partition coefficient (Wildman–Crippen LogP) is 0.315. The van der Waals surface area contributed by atoms with Gasteiger partial charge < -0.3 is 4.90 Å². The molecule has 3 nitrogen and oxygen atoms in total. The Balaban J connectivity index is 2.11. The smallest absolute Gasteiger partial charge is 0.240 e. The molecular formula is C8H14N2O. The molecule has 2 unspecified atom stereocenters. The van der Waals surface area contributed by atoms with Gasteiger partial charge in [0, 0.05) is 6.04 Å². The number of amides is 1. The molecule has 1 amide bonds. The van der Waals surface area contributed by atoms with Gasteiger partial charge >= 0.3 is 0 Å². The first-order valence-electron chi connectivity index (χ1n) is 4.28. The number of hydrogen-bond donors (Lipinski definition) is 1. The normalized spacial score (nSPS) is 38.4. The van der Waals surface area contributed by atoms with Gasteiger partial charge in [0.25, 0.3) is 0 Å². The van der Waals surface area contributed by atoms with Crippen LogP contribution in [0.2, 0.25) is 0 Å². The van der Waals surface area contributed by atoms with Crippen LogP contribution in [0.3, 0.4) is 0 Å². The fourth-order valence-electron chi connectivity index (χ4n) is 1.78. The lowest BCUT2D eigenvalue weighted by Crippen LogP contribution is -2.36. The van der Waals surface area contributed by atoms with E-state index in [1.54, 1.807) is 0 Å². The van der Waals surface area contributed by atoms with Crippen LogP contribution >= 0.6 is 0 Å². The number of carbonyl (C=O) groups is 1. The molecule has 0 aromatic carbocycles. The number of carbonyl (C=O) groups excluding carboxylic acids is 1. The van der Waals surface area contributed by atoms with Gasteiger partial charge in [-0.3, -0.25) is 10.1 Å². The van der Waals surface area contributed by atoms with Gasteiger partial charge in [0.2, 0.25) is 5.91 Å². The highest BCUT2D eigenvalue weighted by molar-refractivity contribution is 5.84. The largest absolute Gasteiger partial charge is 0.323 e. The minimum atomic E-state index is 0.0330. The van der Waals surface area contributed by atoms with E-state index in [0.717, 1.165) is 0 Å². The number of hydrogen-bond acceptors (Lipinski definition) is 2. The fraction of sp³-hybridized carbons (Fsp3) is 0.875. The van der Waals surface area contributed by atoms with E-state index < -0.39 is 0 Å². The summed E-state index contributed by atoms with van der Waals surface area (Å²) in [6, 6.07) is 0.584. The van der Waals surface area contributed by atoms with Crippen LogP contribution < -0.4 is 5.32 Å². The second kappa shape index (κ2) is 2.21. The molecule has 2 atom stereocenters. The minimum Gasteiger partial charge on any atom is -0.323 e. The molecule has 0 spiro atoms. The van der Waals surface area contributed by atoms with E-state index in [2.05, 4.69) is 12.2 Å². The van der Waals surface area contributed by atoms with Gasteiger partial charge in [0.1, 0.15) is 0 Å². The summed E-state index contributed by atoms with van der Waals surface area (Å²) in [5, 5.41) is 3.21. The summed E-state index contributed by atoms with van der Waals surface area (Å²) < 4.78 is 0. The lowest BCUT2D eigenvalue weighted by atomic mass is 10.3. The van der Waals surface area contributed by atoms with Crippen molar-refractivity contribution in [1.29, 1.82) is 0 Å². The first-order chi connectivity index (χ1) is 5.20. The first-order valence-corrected chi connectivity index (χ1v) is 4.28. The van der Waals surface area contributed by atoms with E-state index in [9.17, 15) is 4.79 Å². The Morgan fingerprint density at radius 2 is 2.09 bits per heavy atom. The molecule has 0 aromatic rings. The van der Waals surface area contributed by atoms with E-state index in [0.29, 0.717) is 6.04 Å². The van der Waals surface area contributed by atoms with Gasteiger partial charge in [-0.2, -0.15) is 0 Å². The molecule has 1 N–H and O–H groups in total. The SMILES string of the molecule is CC1NC(C)N(C2CC2)C1=O. The zero-order valence-corrected chi connectivity index (χ0v) is 7.00. The van der Waals surface area contributed by atoms with Crippen LogP contribution in [0.1, 0.15) is 26.7 Å². The summed E-state index contributed by atoms with van der Waals surface area (Å²) in [6.45, 7) is 3.99. The maximum absolute atomic E-state index is 11.5. The molecule has 0 aromatic heterocycles. The van der Waals surface area contributed by atoms with Crippen LogP contribution in [0.25, 0.3) is 0 Å². The highest BCUT2D eigenvalue weighted by atomic mass is 16.2. The first kappa shape index (κ1) is 7.10. The Labute approximate surface area is 66.8 Å². The molecule has 2 rings (SSSR count). The second-order valence-corrected chi connectivity index (χ2v) is 3.54. The van der Waals surface area contributed by atoms with Crippen LogP contribution in [-0.4, -0.2) is 29.1 Å². The third-order valence-electron chi connectivity index (χ3n) is 2.47. The summed E-state index contributed by atoms with van der Waals surface area (Å²) in [6.07, 6.45) is 2.65. The van der Waals surface area contributed by atoms with Crippen molar-refractivity contribution in [1.82, 2.24) is 10.2 Å². The number of rotatable bonds is 1. The highest BCUT2D eigenvalue weighted by Crippen LogP contribution is 2.30. The summed E-state index contributed by atoms with van der Waals surface area (Å²) in [7, 11) is 0. The molecule has 1 saturated carbocycles. The maximum Gasteiger partial charge on any atom is 0.240 e. The molecule has 1 aliphatic heterocycles. The number of nitrogens with zero attached hydrogens (tertiary/aromatic N) is 1. The molecule has 1 aliphatic carbocycles. The van der Waals surface area contributed by atoms with Crippen LogP contribution in [0.15, 0.2) is 0 Å². The van der Waals surface area contributed by atoms with E-state index in [1.807, 2.05) is 11.8 Å². The summed E-state index contributed by atoms with van der Waals surface area (Å²) in [5.41, 5.74) is 0. The Morgan fingerprint density at radius 1 is 1.45 bits per heavy atom. The zero-order valence-electron chi connectivity index (χ0n) is 7.00. The third kappa shape index (κ3) is 1.03. The number of nitrogens with one attached hydrogen (secondary N) is 1. The minimum absolute atomic E-state index is 0.0330. The predicted molar refractivity (Wildman–Crippen MR) is 41.9 cm³/mol. The van der Waals surface area contributed by atoms with E-state index in [1.165, 1.54) is 12.8 Å². The van der Waals surface area contributed by atoms with E-state index >= 15 is 0 Å². The van der Waals surface area contributed by atoms with Crippen LogP contribution in [0.5, 0.6) is 0 Å². The topological polar surface area (TPSA) is 32.3 Å². The Hall–Kier alpha value is -0.570. The molecule has 62 valence electrons. The van der Waals surface area contributed by atoms with Crippen molar-refractivity contribution in [3.63, 3.8) is 0 Å². The third-order valence-corrected chi connectivity index (χ3v) is 2.47. The van der Waals surface area contributed by atoms with Gasteiger partial charge in [-0.05, 0) is 26.7 Å². The highest BCUT2D eigenvalue weighted by Gasteiger charge is 2.42. The van der Waals surface area contributed by atoms with E-state index in [4.69, 9.17) is 0 Å². The van der Waals surface area contributed by atoms with Gasteiger partial charge in [0.05, 0.1) is 12.2 Å². The Kier molecular flexibility index (Phi) is 1.42. The van der Waals surface area contributed by atoms with Crippen molar-refractivity contribution in [3.8, 4) is 0 Å².